The molecule has 1 fully saturated rings. The molecule has 7 nitrogen and oxygen atoms in total. The minimum atomic E-state index is -0.206. The topological polar surface area (TPSA) is 78.5 Å². The quantitative estimate of drug-likeness (QED) is 0.842. The van der Waals surface area contributed by atoms with Crippen molar-refractivity contribution in [1.82, 2.24) is 14.9 Å². The molecule has 1 atom stereocenters. The lowest BCUT2D eigenvalue weighted by Crippen LogP contribution is -2.51. The standard InChI is InChI=1S/C20H26N4O3/c1-3-15(2)16-6-4-5-7-17(16)27-14-18(25)23-10-12-24(13-11-23)19-20(26)22-9-8-21-19/h4-9,15H,3,10-14H2,1-2H3,(H,22,26). The van der Waals surface area contributed by atoms with E-state index in [0.717, 1.165) is 17.7 Å². The lowest BCUT2D eigenvalue weighted by Gasteiger charge is -2.34. The van der Waals surface area contributed by atoms with Crippen molar-refractivity contribution in [1.29, 1.82) is 0 Å². The fourth-order valence-corrected chi connectivity index (χ4v) is 3.21. The monoisotopic (exact) mass is 370 g/mol. The van der Waals surface area contributed by atoms with Crippen LogP contribution in [0.2, 0.25) is 0 Å². The van der Waals surface area contributed by atoms with Gasteiger partial charge in [0.25, 0.3) is 11.5 Å². The molecule has 0 saturated carbocycles. The molecule has 1 unspecified atom stereocenters. The average Bonchev–Trinajstić information content (AvgIpc) is 2.72. The van der Waals surface area contributed by atoms with Gasteiger partial charge in [0.05, 0.1) is 0 Å². The van der Waals surface area contributed by atoms with Crippen LogP contribution in [0.4, 0.5) is 5.82 Å². The van der Waals surface area contributed by atoms with E-state index in [0.29, 0.717) is 37.9 Å². The van der Waals surface area contributed by atoms with E-state index in [4.69, 9.17) is 4.74 Å². The summed E-state index contributed by atoms with van der Waals surface area (Å²) in [6, 6.07) is 7.89. The number of hydrogen-bond acceptors (Lipinski definition) is 5. The number of anilines is 1. The summed E-state index contributed by atoms with van der Waals surface area (Å²) < 4.78 is 5.83. The number of piperazine rings is 1. The molecule has 0 spiro atoms. The van der Waals surface area contributed by atoms with E-state index in [1.807, 2.05) is 23.1 Å². The first-order valence-corrected chi connectivity index (χ1v) is 9.38. The van der Waals surface area contributed by atoms with Gasteiger partial charge in [-0.2, -0.15) is 0 Å². The molecule has 144 valence electrons. The smallest absolute Gasteiger partial charge is 0.290 e. The lowest BCUT2D eigenvalue weighted by atomic mass is 9.98. The average molecular weight is 370 g/mol. The van der Waals surface area contributed by atoms with Crippen LogP contribution >= 0.6 is 0 Å². The van der Waals surface area contributed by atoms with Crippen molar-refractivity contribution in [3.05, 3.63) is 52.6 Å². The summed E-state index contributed by atoms with van der Waals surface area (Å²) in [7, 11) is 0. The number of para-hydroxylation sites is 1. The summed E-state index contributed by atoms with van der Waals surface area (Å²) in [6.45, 7) is 6.57. The van der Waals surface area contributed by atoms with E-state index in [1.165, 1.54) is 6.20 Å². The Morgan fingerprint density at radius 3 is 2.70 bits per heavy atom. The fraction of sp³-hybridized carbons (Fsp3) is 0.450. The number of nitrogens with zero attached hydrogens (tertiary/aromatic N) is 3. The molecule has 0 aliphatic carbocycles. The van der Waals surface area contributed by atoms with E-state index in [-0.39, 0.29) is 18.1 Å². The summed E-state index contributed by atoms with van der Waals surface area (Å²) in [5, 5.41) is 0. The molecule has 1 N–H and O–H groups in total. The molecular formula is C20H26N4O3. The zero-order chi connectivity index (χ0) is 19.2. The second-order valence-corrected chi connectivity index (χ2v) is 6.75. The van der Waals surface area contributed by atoms with Crippen molar-refractivity contribution in [2.75, 3.05) is 37.7 Å². The predicted octanol–water partition coefficient (Wildman–Crippen LogP) is 2.01. The van der Waals surface area contributed by atoms with E-state index in [1.54, 1.807) is 11.1 Å². The van der Waals surface area contributed by atoms with Crippen LogP contribution in [0.3, 0.4) is 0 Å². The third-order valence-corrected chi connectivity index (χ3v) is 5.03. The van der Waals surface area contributed by atoms with Crippen LogP contribution in [0, 0.1) is 0 Å². The van der Waals surface area contributed by atoms with Gasteiger partial charge in [0, 0.05) is 38.6 Å². The minimum Gasteiger partial charge on any atom is -0.483 e. The van der Waals surface area contributed by atoms with Gasteiger partial charge in [-0.05, 0) is 24.0 Å². The van der Waals surface area contributed by atoms with Crippen LogP contribution in [0.5, 0.6) is 5.75 Å². The van der Waals surface area contributed by atoms with Crippen LogP contribution in [0.1, 0.15) is 31.7 Å². The maximum absolute atomic E-state index is 12.5. The molecule has 7 heteroatoms. The minimum absolute atomic E-state index is 0.0254. The Bertz CT molecular complexity index is 828. The predicted molar refractivity (Wildman–Crippen MR) is 104 cm³/mol. The lowest BCUT2D eigenvalue weighted by molar-refractivity contribution is -0.133. The molecule has 2 heterocycles. The summed E-state index contributed by atoms with van der Waals surface area (Å²) in [6.07, 6.45) is 4.10. The highest BCUT2D eigenvalue weighted by Gasteiger charge is 2.23. The Balaban J connectivity index is 1.55. The molecule has 1 aromatic heterocycles. The number of carbonyl (C=O) groups is 1. The number of benzene rings is 1. The Morgan fingerprint density at radius 2 is 2.00 bits per heavy atom. The highest BCUT2D eigenvalue weighted by atomic mass is 16.5. The van der Waals surface area contributed by atoms with Crippen molar-refractivity contribution in [2.45, 2.75) is 26.2 Å². The van der Waals surface area contributed by atoms with Gasteiger partial charge in [-0.25, -0.2) is 4.98 Å². The number of ether oxygens (including phenoxy) is 1. The van der Waals surface area contributed by atoms with Crippen molar-refractivity contribution < 1.29 is 9.53 Å². The molecule has 0 bridgehead atoms. The Kier molecular flexibility index (Phi) is 6.11. The summed E-state index contributed by atoms with van der Waals surface area (Å²) in [5.41, 5.74) is 0.925. The van der Waals surface area contributed by atoms with Crippen molar-refractivity contribution in [3.63, 3.8) is 0 Å². The molecule has 27 heavy (non-hydrogen) atoms. The third-order valence-electron chi connectivity index (χ3n) is 5.03. The molecule has 2 aromatic rings. The van der Waals surface area contributed by atoms with Gasteiger partial charge in [-0.3, -0.25) is 9.59 Å². The van der Waals surface area contributed by atoms with Crippen LogP contribution in [0.25, 0.3) is 0 Å². The number of carbonyl (C=O) groups excluding carboxylic acids is 1. The number of nitrogens with one attached hydrogen (secondary N) is 1. The highest BCUT2D eigenvalue weighted by Crippen LogP contribution is 2.28. The number of H-pyrrole nitrogens is 1. The molecule has 0 radical (unpaired) electrons. The van der Waals surface area contributed by atoms with Crippen molar-refractivity contribution in [3.8, 4) is 5.75 Å². The van der Waals surface area contributed by atoms with Crippen molar-refractivity contribution >= 4 is 11.7 Å². The Morgan fingerprint density at radius 1 is 1.26 bits per heavy atom. The van der Waals surface area contributed by atoms with Gasteiger partial charge in [0.2, 0.25) is 0 Å². The zero-order valence-corrected chi connectivity index (χ0v) is 15.9. The van der Waals surface area contributed by atoms with Gasteiger partial charge in [0.1, 0.15) is 5.75 Å². The first-order chi connectivity index (χ1) is 13.1. The summed E-state index contributed by atoms with van der Waals surface area (Å²) in [5.74, 6) is 1.53. The fourth-order valence-electron chi connectivity index (χ4n) is 3.21. The van der Waals surface area contributed by atoms with Crippen molar-refractivity contribution in [2.24, 2.45) is 0 Å². The maximum Gasteiger partial charge on any atom is 0.290 e. The second-order valence-electron chi connectivity index (χ2n) is 6.75. The van der Waals surface area contributed by atoms with Crippen LogP contribution in [0.15, 0.2) is 41.5 Å². The van der Waals surface area contributed by atoms with Gasteiger partial charge in [0.15, 0.2) is 12.4 Å². The Labute approximate surface area is 159 Å². The first kappa shape index (κ1) is 18.9. The normalized spacial score (nSPS) is 15.5. The largest absolute Gasteiger partial charge is 0.483 e. The number of aromatic nitrogens is 2. The zero-order valence-electron chi connectivity index (χ0n) is 15.9. The molecule has 1 aliphatic heterocycles. The van der Waals surface area contributed by atoms with Gasteiger partial charge >= 0.3 is 0 Å². The second kappa shape index (κ2) is 8.70. The van der Waals surface area contributed by atoms with Crippen LogP contribution < -0.4 is 15.2 Å². The van der Waals surface area contributed by atoms with Crippen LogP contribution in [-0.4, -0.2) is 53.6 Å². The Hall–Kier alpha value is -2.83. The molecule has 3 rings (SSSR count). The first-order valence-electron chi connectivity index (χ1n) is 9.38. The van der Waals surface area contributed by atoms with E-state index in [2.05, 4.69) is 29.9 Å². The number of hydrogen-bond donors (Lipinski definition) is 1. The third kappa shape index (κ3) is 4.48. The summed E-state index contributed by atoms with van der Waals surface area (Å²) >= 11 is 0. The molecular weight excluding hydrogens is 344 g/mol. The van der Waals surface area contributed by atoms with E-state index >= 15 is 0 Å². The van der Waals surface area contributed by atoms with E-state index in [9.17, 15) is 9.59 Å². The van der Waals surface area contributed by atoms with Crippen LogP contribution in [-0.2, 0) is 4.79 Å². The SMILES string of the molecule is CCC(C)c1ccccc1OCC(=O)N1CCN(c2ncc[nH]c2=O)CC1. The molecule has 1 aliphatic rings. The summed E-state index contributed by atoms with van der Waals surface area (Å²) in [4.78, 5) is 34.8. The molecule has 1 amide bonds. The van der Waals surface area contributed by atoms with E-state index < -0.39 is 0 Å². The van der Waals surface area contributed by atoms with Gasteiger partial charge in [-0.15, -0.1) is 0 Å². The molecule has 1 aromatic carbocycles. The number of amides is 1. The van der Waals surface area contributed by atoms with Gasteiger partial charge in [-0.1, -0.05) is 32.0 Å². The van der Waals surface area contributed by atoms with Gasteiger partial charge < -0.3 is 19.5 Å². The highest BCUT2D eigenvalue weighted by molar-refractivity contribution is 5.78. The number of rotatable bonds is 6. The number of aromatic amines is 1. The molecule has 1 saturated heterocycles. The maximum atomic E-state index is 12.5.